The molecule has 0 aliphatic heterocycles. The van der Waals surface area contributed by atoms with E-state index in [1.54, 1.807) is 10.9 Å². The monoisotopic (exact) mass is 315 g/mol. The van der Waals surface area contributed by atoms with Crippen LogP contribution in [0.25, 0.3) is 0 Å². The van der Waals surface area contributed by atoms with Gasteiger partial charge in [0.05, 0.1) is 18.3 Å². The smallest absolute Gasteiger partial charge is 0.310 e. The number of nitrogens with zero attached hydrogens (tertiary/aromatic N) is 2. The summed E-state index contributed by atoms with van der Waals surface area (Å²) in [5.74, 6) is -0.974. The minimum atomic E-state index is -3.49. The van der Waals surface area contributed by atoms with Gasteiger partial charge in [-0.05, 0) is 25.3 Å². The molecule has 1 fully saturated rings. The molecule has 2 atom stereocenters. The highest BCUT2D eigenvalue weighted by atomic mass is 32.2. The molecule has 0 spiro atoms. The average molecular weight is 315 g/mol. The number of hydrogen-bond acceptors (Lipinski definition) is 5. The maximum Gasteiger partial charge on any atom is 0.310 e. The van der Waals surface area contributed by atoms with Crippen LogP contribution in [0, 0.1) is 5.92 Å². The van der Waals surface area contributed by atoms with Gasteiger partial charge in [0.15, 0.2) is 0 Å². The van der Waals surface area contributed by atoms with E-state index >= 15 is 0 Å². The van der Waals surface area contributed by atoms with Gasteiger partial charge in [0.2, 0.25) is 10.0 Å². The number of esters is 1. The van der Waals surface area contributed by atoms with E-state index in [9.17, 15) is 13.2 Å². The number of sulfonamides is 1. The lowest BCUT2D eigenvalue weighted by Gasteiger charge is -2.18. The predicted octanol–water partition coefficient (Wildman–Crippen LogP) is 0.534. The Balaban J connectivity index is 1.84. The molecule has 1 aromatic heterocycles. The van der Waals surface area contributed by atoms with E-state index in [0.29, 0.717) is 32.4 Å². The molecule has 1 aromatic rings. The number of rotatable bonds is 7. The molecule has 21 heavy (non-hydrogen) atoms. The summed E-state index contributed by atoms with van der Waals surface area (Å²) >= 11 is 0. The molecule has 1 N–H and O–H groups in total. The Kier molecular flexibility index (Phi) is 5.35. The summed E-state index contributed by atoms with van der Waals surface area (Å²) in [7, 11) is -2.19. The van der Waals surface area contributed by atoms with Crippen molar-refractivity contribution in [1.82, 2.24) is 14.5 Å². The zero-order valence-corrected chi connectivity index (χ0v) is 12.9. The normalized spacial score (nSPS) is 22.3. The van der Waals surface area contributed by atoms with Gasteiger partial charge in [-0.3, -0.25) is 9.48 Å². The SMILES string of the molecule is COC(=O)C1CCCC1S(=O)(=O)NCCCn1cccn1. The quantitative estimate of drug-likeness (QED) is 0.585. The first-order chi connectivity index (χ1) is 10.0. The lowest BCUT2D eigenvalue weighted by atomic mass is 10.1. The van der Waals surface area contributed by atoms with Crippen molar-refractivity contribution in [3.05, 3.63) is 18.5 Å². The third-order valence-electron chi connectivity index (χ3n) is 3.78. The molecule has 2 unspecified atom stereocenters. The molecule has 7 nitrogen and oxygen atoms in total. The second-order valence-corrected chi connectivity index (χ2v) is 7.15. The van der Waals surface area contributed by atoms with E-state index in [1.165, 1.54) is 7.11 Å². The first-order valence-corrected chi connectivity index (χ1v) is 8.63. The summed E-state index contributed by atoms with van der Waals surface area (Å²) in [5.41, 5.74) is 0. The number of aryl methyl sites for hydroxylation is 1. The summed E-state index contributed by atoms with van der Waals surface area (Å²) in [6.45, 7) is 0.993. The first kappa shape index (κ1) is 16.0. The van der Waals surface area contributed by atoms with Crippen LogP contribution in [-0.2, 0) is 26.1 Å². The average Bonchev–Trinajstić information content (AvgIpc) is 3.13. The van der Waals surface area contributed by atoms with Crippen LogP contribution in [0.5, 0.6) is 0 Å². The van der Waals surface area contributed by atoms with Crippen LogP contribution in [-0.4, -0.2) is 43.1 Å². The van der Waals surface area contributed by atoms with Crippen LogP contribution in [0.3, 0.4) is 0 Å². The van der Waals surface area contributed by atoms with E-state index in [0.717, 1.165) is 6.42 Å². The second kappa shape index (κ2) is 7.04. The molecular weight excluding hydrogens is 294 g/mol. The summed E-state index contributed by atoms with van der Waals surface area (Å²) in [6, 6.07) is 1.82. The van der Waals surface area contributed by atoms with Crippen molar-refractivity contribution in [2.24, 2.45) is 5.92 Å². The number of carbonyl (C=O) groups is 1. The third kappa shape index (κ3) is 4.04. The summed E-state index contributed by atoms with van der Waals surface area (Å²) < 4.78 is 33.6. The molecule has 8 heteroatoms. The highest BCUT2D eigenvalue weighted by Crippen LogP contribution is 2.31. The Labute approximate surface area is 124 Å². The molecule has 2 rings (SSSR count). The zero-order valence-electron chi connectivity index (χ0n) is 12.1. The zero-order chi connectivity index (χ0) is 15.3. The summed E-state index contributed by atoms with van der Waals surface area (Å²) in [6.07, 6.45) is 5.98. The van der Waals surface area contributed by atoms with Gasteiger partial charge >= 0.3 is 5.97 Å². The maximum atomic E-state index is 12.3. The van der Waals surface area contributed by atoms with E-state index < -0.39 is 27.2 Å². The van der Waals surface area contributed by atoms with Gasteiger partial charge in [0.1, 0.15) is 0 Å². The van der Waals surface area contributed by atoms with Gasteiger partial charge in [-0.1, -0.05) is 6.42 Å². The highest BCUT2D eigenvalue weighted by Gasteiger charge is 2.41. The van der Waals surface area contributed by atoms with Crippen molar-refractivity contribution in [1.29, 1.82) is 0 Å². The fraction of sp³-hybridized carbons (Fsp3) is 0.692. The molecule has 0 bridgehead atoms. The molecule has 0 radical (unpaired) electrons. The Bertz CT molecular complexity index is 556. The van der Waals surface area contributed by atoms with Crippen LogP contribution >= 0.6 is 0 Å². The standard InChI is InChI=1S/C13H21N3O4S/c1-20-13(17)11-5-2-6-12(11)21(18,19)15-8-4-10-16-9-3-7-14-16/h3,7,9,11-12,15H,2,4-6,8,10H2,1H3. The van der Waals surface area contributed by atoms with Crippen molar-refractivity contribution in [2.75, 3.05) is 13.7 Å². The third-order valence-corrected chi connectivity index (χ3v) is 5.75. The fourth-order valence-corrected chi connectivity index (χ4v) is 4.51. The number of methoxy groups -OCH3 is 1. The number of nitrogens with one attached hydrogen (secondary N) is 1. The molecule has 1 saturated carbocycles. The number of ether oxygens (including phenoxy) is 1. The fourth-order valence-electron chi connectivity index (χ4n) is 2.71. The topological polar surface area (TPSA) is 90.3 Å². The maximum absolute atomic E-state index is 12.3. The van der Waals surface area contributed by atoms with Crippen LogP contribution in [0.15, 0.2) is 18.5 Å². The van der Waals surface area contributed by atoms with Gasteiger partial charge in [-0.25, -0.2) is 13.1 Å². The summed E-state index contributed by atoms with van der Waals surface area (Å²) in [4.78, 5) is 11.6. The molecule has 0 aromatic carbocycles. The second-order valence-electron chi connectivity index (χ2n) is 5.16. The van der Waals surface area contributed by atoms with Crippen LogP contribution in [0.2, 0.25) is 0 Å². The minimum Gasteiger partial charge on any atom is -0.469 e. The first-order valence-electron chi connectivity index (χ1n) is 7.08. The van der Waals surface area contributed by atoms with Gasteiger partial charge in [-0.15, -0.1) is 0 Å². The van der Waals surface area contributed by atoms with Crippen LogP contribution in [0.4, 0.5) is 0 Å². The largest absolute Gasteiger partial charge is 0.469 e. The molecule has 0 amide bonds. The van der Waals surface area contributed by atoms with Crippen molar-refractivity contribution in [3.63, 3.8) is 0 Å². The molecule has 0 saturated heterocycles. The van der Waals surface area contributed by atoms with Gasteiger partial charge in [-0.2, -0.15) is 5.10 Å². The van der Waals surface area contributed by atoms with E-state index in [4.69, 9.17) is 4.74 Å². The van der Waals surface area contributed by atoms with E-state index in [1.807, 2.05) is 12.3 Å². The Morgan fingerprint density at radius 1 is 1.48 bits per heavy atom. The number of aromatic nitrogens is 2. The number of carbonyl (C=O) groups excluding carboxylic acids is 1. The van der Waals surface area contributed by atoms with E-state index in [-0.39, 0.29) is 0 Å². The van der Waals surface area contributed by atoms with Crippen molar-refractivity contribution in [2.45, 2.75) is 37.5 Å². The molecule has 118 valence electrons. The molecular formula is C13H21N3O4S. The Morgan fingerprint density at radius 3 is 2.95 bits per heavy atom. The van der Waals surface area contributed by atoms with Crippen molar-refractivity contribution >= 4 is 16.0 Å². The van der Waals surface area contributed by atoms with Gasteiger partial charge in [0, 0.05) is 25.5 Å². The molecule has 1 aliphatic carbocycles. The number of hydrogen-bond donors (Lipinski definition) is 1. The van der Waals surface area contributed by atoms with Crippen molar-refractivity contribution in [3.8, 4) is 0 Å². The van der Waals surface area contributed by atoms with Crippen LogP contribution in [0.1, 0.15) is 25.7 Å². The van der Waals surface area contributed by atoms with E-state index in [2.05, 4.69) is 9.82 Å². The highest BCUT2D eigenvalue weighted by molar-refractivity contribution is 7.90. The Hall–Kier alpha value is -1.41. The summed E-state index contributed by atoms with van der Waals surface area (Å²) in [5, 5.41) is 3.38. The predicted molar refractivity (Wildman–Crippen MR) is 76.9 cm³/mol. The Morgan fingerprint density at radius 2 is 2.29 bits per heavy atom. The minimum absolute atomic E-state index is 0.340. The molecule has 1 heterocycles. The molecule has 1 aliphatic rings. The lowest BCUT2D eigenvalue weighted by Crippen LogP contribution is -2.40. The van der Waals surface area contributed by atoms with Crippen LogP contribution < -0.4 is 4.72 Å². The lowest BCUT2D eigenvalue weighted by molar-refractivity contribution is -0.145. The van der Waals surface area contributed by atoms with Gasteiger partial charge < -0.3 is 4.74 Å². The van der Waals surface area contributed by atoms with Crippen molar-refractivity contribution < 1.29 is 17.9 Å². The van der Waals surface area contributed by atoms with Gasteiger partial charge in [0.25, 0.3) is 0 Å².